The molecule has 0 heterocycles. The lowest BCUT2D eigenvalue weighted by atomic mass is 10.1. The van der Waals surface area contributed by atoms with E-state index in [0.29, 0.717) is 28.3 Å². The molecule has 27 heavy (non-hydrogen) atoms. The van der Waals surface area contributed by atoms with Gasteiger partial charge >= 0.3 is 0 Å². The van der Waals surface area contributed by atoms with Crippen molar-refractivity contribution in [1.82, 2.24) is 0 Å². The smallest absolute Gasteiger partial charge is 0.257 e. The van der Waals surface area contributed by atoms with Crippen molar-refractivity contribution in [2.75, 3.05) is 17.7 Å². The number of benzene rings is 3. The van der Waals surface area contributed by atoms with E-state index in [2.05, 4.69) is 33.2 Å². The fraction of sp³-hybridized carbons (Fsp3) is 0.0476. The fourth-order valence-corrected chi connectivity index (χ4v) is 2.96. The largest absolute Gasteiger partial charge is 0.497 e. The Balaban J connectivity index is 1.82. The zero-order chi connectivity index (χ0) is 19.2. The van der Waals surface area contributed by atoms with Gasteiger partial charge in [0.1, 0.15) is 5.75 Å². The van der Waals surface area contributed by atoms with Gasteiger partial charge in [-0.25, -0.2) is 0 Å². The van der Waals surface area contributed by atoms with E-state index in [-0.39, 0.29) is 11.8 Å². The van der Waals surface area contributed by atoms with Gasteiger partial charge in [-0.15, -0.1) is 0 Å². The SMILES string of the molecule is COc1ccc(NC(=O)c2cc(I)ccc2NC(=O)c2ccccc2)cc1. The molecule has 0 aliphatic carbocycles. The van der Waals surface area contributed by atoms with Crippen LogP contribution in [0.5, 0.6) is 5.75 Å². The summed E-state index contributed by atoms with van der Waals surface area (Å²) in [6, 6.07) is 21.2. The summed E-state index contributed by atoms with van der Waals surface area (Å²) < 4.78 is 6.01. The standard InChI is InChI=1S/C21H17IN2O3/c1-27-17-10-8-16(9-11-17)23-21(26)18-13-15(22)7-12-19(18)24-20(25)14-5-3-2-4-6-14/h2-13H,1H3,(H,23,26)(H,24,25). The van der Waals surface area contributed by atoms with Gasteiger partial charge in [-0.3, -0.25) is 9.59 Å². The highest BCUT2D eigenvalue weighted by molar-refractivity contribution is 14.1. The topological polar surface area (TPSA) is 67.4 Å². The molecule has 136 valence electrons. The zero-order valence-electron chi connectivity index (χ0n) is 14.5. The minimum atomic E-state index is -0.304. The molecule has 0 aromatic heterocycles. The summed E-state index contributed by atoms with van der Waals surface area (Å²) in [6.45, 7) is 0. The average molecular weight is 472 g/mol. The molecule has 3 aromatic carbocycles. The first-order valence-corrected chi connectivity index (χ1v) is 9.26. The summed E-state index contributed by atoms with van der Waals surface area (Å²) in [7, 11) is 1.58. The molecule has 0 atom stereocenters. The minimum Gasteiger partial charge on any atom is -0.497 e. The van der Waals surface area contributed by atoms with Crippen LogP contribution in [0.2, 0.25) is 0 Å². The van der Waals surface area contributed by atoms with Gasteiger partial charge in [0, 0.05) is 14.8 Å². The van der Waals surface area contributed by atoms with Crippen molar-refractivity contribution >= 4 is 45.8 Å². The third kappa shape index (κ3) is 4.85. The number of carbonyl (C=O) groups excluding carboxylic acids is 2. The molecule has 0 unspecified atom stereocenters. The van der Waals surface area contributed by atoms with E-state index in [4.69, 9.17) is 4.74 Å². The molecule has 0 saturated heterocycles. The maximum Gasteiger partial charge on any atom is 0.257 e. The number of rotatable bonds is 5. The second kappa shape index (κ2) is 8.68. The molecule has 0 aliphatic rings. The first kappa shape index (κ1) is 18.9. The Kier molecular flexibility index (Phi) is 6.08. The first-order valence-electron chi connectivity index (χ1n) is 8.18. The van der Waals surface area contributed by atoms with Gasteiger partial charge in [-0.2, -0.15) is 0 Å². The summed E-state index contributed by atoms with van der Waals surface area (Å²) in [5.41, 5.74) is 2.01. The zero-order valence-corrected chi connectivity index (χ0v) is 16.7. The summed E-state index contributed by atoms with van der Waals surface area (Å²) in [4.78, 5) is 25.2. The highest BCUT2D eigenvalue weighted by atomic mass is 127. The van der Waals surface area contributed by atoms with Crippen LogP contribution in [-0.4, -0.2) is 18.9 Å². The maximum absolute atomic E-state index is 12.8. The van der Waals surface area contributed by atoms with E-state index in [1.54, 1.807) is 67.8 Å². The van der Waals surface area contributed by atoms with Gasteiger partial charge in [0.25, 0.3) is 11.8 Å². The average Bonchev–Trinajstić information content (AvgIpc) is 2.70. The number of hydrogen-bond acceptors (Lipinski definition) is 3. The van der Waals surface area contributed by atoms with Crippen LogP contribution in [0.3, 0.4) is 0 Å². The molecule has 0 fully saturated rings. The van der Waals surface area contributed by atoms with Gasteiger partial charge in [-0.05, 0) is 77.2 Å². The van der Waals surface area contributed by atoms with Crippen molar-refractivity contribution in [3.05, 3.63) is 87.5 Å². The molecule has 5 nitrogen and oxygen atoms in total. The van der Waals surface area contributed by atoms with E-state index < -0.39 is 0 Å². The highest BCUT2D eigenvalue weighted by Crippen LogP contribution is 2.22. The number of methoxy groups -OCH3 is 1. The molecule has 3 aromatic rings. The van der Waals surface area contributed by atoms with Crippen LogP contribution in [0.15, 0.2) is 72.8 Å². The van der Waals surface area contributed by atoms with Crippen LogP contribution >= 0.6 is 22.6 Å². The normalized spacial score (nSPS) is 10.1. The number of nitrogens with one attached hydrogen (secondary N) is 2. The Hall–Kier alpha value is -2.87. The predicted octanol–water partition coefficient (Wildman–Crippen LogP) is 4.80. The number of anilines is 2. The summed E-state index contributed by atoms with van der Waals surface area (Å²) in [5, 5.41) is 5.66. The lowest BCUT2D eigenvalue weighted by Crippen LogP contribution is -2.18. The lowest BCUT2D eigenvalue weighted by Gasteiger charge is -2.12. The monoisotopic (exact) mass is 472 g/mol. The van der Waals surface area contributed by atoms with E-state index in [1.807, 2.05) is 12.1 Å². The van der Waals surface area contributed by atoms with Crippen molar-refractivity contribution in [1.29, 1.82) is 0 Å². The minimum absolute atomic E-state index is 0.268. The van der Waals surface area contributed by atoms with Crippen LogP contribution in [0.25, 0.3) is 0 Å². The van der Waals surface area contributed by atoms with Crippen LogP contribution in [0.4, 0.5) is 11.4 Å². The second-order valence-electron chi connectivity index (χ2n) is 5.69. The van der Waals surface area contributed by atoms with Gasteiger partial charge in [0.15, 0.2) is 0 Å². The molecular weight excluding hydrogens is 455 g/mol. The number of carbonyl (C=O) groups is 2. The quantitative estimate of drug-likeness (QED) is 0.525. The molecule has 2 N–H and O–H groups in total. The van der Waals surface area contributed by atoms with E-state index >= 15 is 0 Å². The Morgan fingerprint density at radius 3 is 2.22 bits per heavy atom. The molecule has 0 aliphatic heterocycles. The molecule has 0 spiro atoms. The molecule has 2 amide bonds. The second-order valence-corrected chi connectivity index (χ2v) is 6.94. The van der Waals surface area contributed by atoms with Crippen LogP contribution in [-0.2, 0) is 0 Å². The maximum atomic E-state index is 12.8. The fourth-order valence-electron chi connectivity index (χ4n) is 2.47. The number of ether oxygens (including phenoxy) is 1. The van der Waals surface area contributed by atoms with Crippen molar-refractivity contribution < 1.29 is 14.3 Å². The van der Waals surface area contributed by atoms with E-state index in [1.165, 1.54) is 0 Å². The van der Waals surface area contributed by atoms with Crippen LogP contribution in [0.1, 0.15) is 20.7 Å². The Labute approximate surface area is 170 Å². The van der Waals surface area contributed by atoms with E-state index in [0.717, 1.165) is 3.57 Å². The van der Waals surface area contributed by atoms with Gasteiger partial charge < -0.3 is 15.4 Å². The Morgan fingerprint density at radius 1 is 0.852 bits per heavy atom. The van der Waals surface area contributed by atoms with Gasteiger partial charge in [-0.1, -0.05) is 18.2 Å². The first-order chi connectivity index (χ1) is 13.1. The molecule has 6 heteroatoms. The molecule has 3 rings (SSSR count). The summed E-state index contributed by atoms with van der Waals surface area (Å²) in [5.74, 6) is 0.135. The highest BCUT2D eigenvalue weighted by Gasteiger charge is 2.15. The molecule has 0 radical (unpaired) electrons. The Morgan fingerprint density at radius 2 is 1.56 bits per heavy atom. The third-order valence-electron chi connectivity index (χ3n) is 3.86. The van der Waals surface area contributed by atoms with Gasteiger partial charge in [0.05, 0.1) is 18.4 Å². The van der Waals surface area contributed by atoms with Crippen molar-refractivity contribution in [2.45, 2.75) is 0 Å². The lowest BCUT2D eigenvalue weighted by molar-refractivity contribution is 0.102. The number of hydrogen-bond donors (Lipinski definition) is 2. The number of halogens is 1. The summed E-state index contributed by atoms with van der Waals surface area (Å²) >= 11 is 2.13. The van der Waals surface area contributed by atoms with Crippen LogP contribution in [0, 0.1) is 3.57 Å². The van der Waals surface area contributed by atoms with Crippen molar-refractivity contribution in [3.8, 4) is 5.75 Å². The molecule has 0 bridgehead atoms. The Bertz CT molecular complexity index is 957. The predicted molar refractivity (Wildman–Crippen MR) is 115 cm³/mol. The third-order valence-corrected chi connectivity index (χ3v) is 4.53. The van der Waals surface area contributed by atoms with Gasteiger partial charge in [0.2, 0.25) is 0 Å². The molecular formula is C21H17IN2O3. The van der Waals surface area contributed by atoms with E-state index in [9.17, 15) is 9.59 Å². The van der Waals surface area contributed by atoms with Crippen LogP contribution < -0.4 is 15.4 Å². The molecule has 0 saturated carbocycles. The number of amides is 2. The van der Waals surface area contributed by atoms with Crippen molar-refractivity contribution in [3.63, 3.8) is 0 Å². The summed E-state index contributed by atoms with van der Waals surface area (Å²) in [6.07, 6.45) is 0. The van der Waals surface area contributed by atoms with Crippen molar-refractivity contribution in [2.24, 2.45) is 0 Å².